The molecule has 172 valence electrons. The maximum atomic E-state index is 12.1. The van der Waals surface area contributed by atoms with E-state index in [0.29, 0.717) is 46.2 Å². The van der Waals surface area contributed by atoms with Crippen LogP contribution in [0.5, 0.6) is 0 Å². The van der Waals surface area contributed by atoms with Crippen molar-refractivity contribution in [1.82, 2.24) is 0 Å². The zero-order valence-corrected chi connectivity index (χ0v) is 20.6. The van der Waals surface area contributed by atoms with Crippen molar-refractivity contribution in [2.24, 2.45) is 58.2 Å². The Kier molecular flexibility index (Phi) is 6.23. The number of Topliss-reactive ketones (excluding diaryl/α,β-unsaturated/α-hetero) is 1. The molecule has 2 nitrogen and oxygen atoms in total. The fourth-order valence-electron chi connectivity index (χ4n) is 9.09. The molecule has 30 heavy (non-hydrogen) atoms. The van der Waals surface area contributed by atoms with Gasteiger partial charge in [0.05, 0.1) is 6.10 Å². The Morgan fingerprint density at radius 2 is 1.63 bits per heavy atom. The van der Waals surface area contributed by atoms with Crippen molar-refractivity contribution >= 4 is 5.78 Å². The summed E-state index contributed by atoms with van der Waals surface area (Å²) in [4.78, 5) is 12.1. The highest BCUT2D eigenvalue weighted by atomic mass is 16.3. The van der Waals surface area contributed by atoms with Crippen molar-refractivity contribution in [2.45, 2.75) is 112 Å². The van der Waals surface area contributed by atoms with E-state index in [0.717, 1.165) is 43.4 Å². The van der Waals surface area contributed by atoms with Crippen LogP contribution < -0.4 is 0 Å². The van der Waals surface area contributed by atoms with Gasteiger partial charge in [0.25, 0.3) is 0 Å². The van der Waals surface area contributed by atoms with Gasteiger partial charge in [0, 0.05) is 12.8 Å². The zero-order chi connectivity index (χ0) is 21.8. The smallest absolute Gasteiger partial charge is 0.133 e. The van der Waals surface area contributed by atoms with Gasteiger partial charge in [-0.15, -0.1) is 0 Å². The third-order valence-corrected chi connectivity index (χ3v) is 11.5. The van der Waals surface area contributed by atoms with Gasteiger partial charge in [-0.2, -0.15) is 0 Å². The molecule has 0 bridgehead atoms. The highest BCUT2D eigenvalue weighted by Gasteiger charge is 2.60. The van der Waals surface area contributed by atoms with Crippen LogP contribution in [0.25, 0.3) is 0 Å². The fraction of sp³-hybridized carbons (Fsp3) is 0.964. The number of aliphatic hydroxyl groups is 1. The van der Waals surface area contributed by atoms with E-state index in [1.54, 1.807) is 0 Å². The maximum absolute atomic E-state index is 12.1. The molecule has 4 aliphatic rings. The standard InChI is InChI=1S/C28H48O2/c1-17(2)18(3)15-26(30)19(4)23-9-10-24-22-8-7-20-16-21(29)11-13-27(20,5)25(22)12-14-28(23,24)6/h17-20,22-26,30H,7-16H2,1-6H3/t18-,19+,20+,22-,23+,24+,25-,26+,27-,28+/m1/s1. The number of carbonyl (C=O) groups excluding carboxylic acids is 1. The Bertz CT molecular complexity index is 641. The van der Waals surface area contributed by atoms with Gasteiger partial charge in [-0.25, -0.2) is 0 Å². The van der Waals surface area contributed by atoms with Crippen molar-refractivity contribution in [2.75, 3.05) is 0 Å². The summed E-state index contributed by atoms with van der Waals surface area (Å²) >= 11 is 0. The van der Waals surface area contributed by atoms with Crippen molar-refractivity contribution < 1.29 is 9.90 Å². The minimum Gasteiger partial charge on any atom is -0.393 e. The molecule has 0 saturated heterocycles. The lowest BCUT2D eigenvalue weighted by atomic mass is 9.44. The lowest BCUT2D eigenvalue weighted by molar-refractivity contribution is -0.141. The number of ketones is 1. The van der Waals surface area contributed by atoms with E-state index in [4.69, 9.17) is 0 Å². The Balaban J connectivity index is 1.49. The van der Waals surface area contributed by atoms with E-state index in [2.05, 4.69) is 41.5 Å². The zero-order valence-electron chi connectivity index (χ0n) is 20.6. The summed E-state index contributed by atoms with van der Waals surface area (Å²) in [5.74, 6) is 6.04. The molecule has 4 saturated carbocycles. The summed E-state index contributed by atoms with van der Waals surface area (Å²) in [7, 11) is 0. The Morgan fingerprint density at radius 3 is 2.33 bits per heavy atom. The van der Waals surface area contributed by atoms with Crippen LogP contribution in [0.1, 0.15) is 106 Å². The summed E-state index contributed by atoms with van der Waals surface area (Å²) in [5.41, 5.74) is 0.824. The average molecular weight is 417 g/mol. The van der Waals surface area contributed by atoms with Gasteiger partial charge in [0.1, 0.15) is 5.78 Å². The summed E-state index contributed by atoms with van der Waals surface area (Å²) in [6, 6.07) is 0. The number of hydrogen-bond acceptors (Lipinski definition) is 2. The van der Waals surface area contributed by atoms with Crippen molar-refractivity contribution in [3.8, 4) is 0 Å². The maximum Gasteiger partial charge on any atom is 0.133 e. The van der Waals surface area contributed by atoms with Gasteiger partial charge in [-0.3, -0.25) is 4.79 Å². The summed E-state index contributed by atoms with van der Waals surface area (Å²) in [6.07, 6.45) is 11.7. The number of rotatable bonds is 5. The monoisotopic (exact) mass is 416 g/mol. The predicted molar refractivity (Wildman–Crippen MR) is 124 cm³/mol. The van der Waals surface area contributed by atoms with Gasteiger partial charge in [0.2, 0.25) is 0 Å². The lowest BCUT2D eigenvalue weighted by Gasteiger charge is -2.60. The largest absolute Gasteiger partial charge is 0.393 e. The molecule has 0 amide bonds. The van der Waals surface area contributed by atoms with E-state index in [-0.39, 0.29) is 6.10 Å². The Morgan fingerprint density at radius 1 is 0.933 bits per heavy atom. The van der Waals surface area contributed by atoms with Gasteiger partial charge in [0.15, 0.2) is 0 Å². The molecule has 0 heterocycles. The number of hydrogen-bond donors (Lipinski definition) is 1. The minimum absolute atomic E-state index is 0.154. The van der Waals surface area contributed by atoms with Crippen LogP contribution in [0, 0.1) is 58.2 Å². The molecule has 0 radical (unpaired) electrons. The Labute approximate surface area is 186 Å². The SMILES string of the molecule is CC(C)[C@H](C)C[C@H](O)[C@@H](C)[C@@H]1CC[C@H]2[C@H]3CC[C@H]4CC(=O)CC[C@@]4(C)[C@@H]3CC[C@@]12C. The molecular weight excluding hydrogens is 368 g/mol. The van der Waals surface area contributed by atoms with Crippen LogP contribution in [0.3, 0.4) is 0 Å². The first-order valence-electron chi connectivity index (χ1n) is 13.3. The summed E-state index contributed by atoms with van der Waals surface area (Å²) < 4.78 is 0. The van der Waals surface area contributed by atoms with Gasteiger partial charge in [-0.05, 0) is 110 Å². The molecule has 2 heteroatoms. The summed E-state index contributed by atoms with van der Waals surface area (Å²) in [5, 5.41) is 11.1. The second-order valence-electron chi connectivity index (χ2n) is 13.0. The van der Waals surface area contributed by atoms with E-state index in [9.17, 15) is 9.90 Å². The molecule has 0 aliphatic heterocycles. The second-order valence-corrected chi connectivity index (χ2v) is 13.0. The van der Waals surface area contributed by atoms with Crippen LogP contribution in [0.4, 0.5) is 0 Å². The fourth-order valence-corrected chi connectivity index (χ4v) is 9.09. The normalized spacial score (nSPS) is 46.7. The average Bonchev–Trinajstić information content (AvgIpc) is 3.04. The van der Waals surface area contributed by atoms with Gasteiger partial charge in [-0.1, -0.05) is 41.5 Å². The molecule has 0 aromatic carbocycles. The first-order chi connectivity index (χ1) is 14.1. The van der Waals surface area contributed by atoms with Gasteiger partial charge < -0.3 is 5.11 Å². The summed E-state index contributed by atoms with van der Waals surface area (Å²) in [6.45, 7) is 14.4. The molecular formula is C28H48O2. The number of aliphatic hydroxyl groups excluding tert-OH is 1. The Hall–Kier alpha value is -0.370. The molecule has 0 aromatic rings. The van der Waals surface area contributed by atoms with Crippen LogP contribution >= 0.6 is 0 Å². The third kappa shape index (κ3) is 3.61. The molecule has 4 aliphatic carbocycles. The highest BCUT2D eigenvalue weighted by Crippen LogP contribution is 2.68. The van der Waals surface area contributed by atoms with Crippen LogP contribution in [0.2, 0.25) is 0 Å². The third-order valence-electron chi connectivity index (χ3n) is 11.5. The number of carbonyl (C=O) groups is 1. The molecule has 4 fully saturated rings. The van der Waals surface area contributed by atoms with Crippen LogP contribution in [0.15, 0.2) is 0 Å². The molecule has 10 atom stereocenters. The van der Waals surface area contributed by atoms with Crippen molar-refractivity contribution in [3.63, 3.8) is 0 Å². The van der Waals surface area contributed by atoms with E-state index >= 15 is 0 Å². The van der Waals surface area contributed by atoms with E-state index in [1.807, 2.05) is 0 Å². The van der Waals surface area contributed by atoms with Crippen molar-refractivity contribution in [3.05, 3.63) is 0 Å². The van der Waals surface area contributed by atoms with E-state index in [1.165, 1.54) is 38.5 Å². The molecule has 0 unspecified atom stereocenters. The molecule has 0 aromatic heterocycles. The molecule has 0 spiro atoms. The molecule has 1 N–H and O–H groups in total. The van der Waals surface area contributed by atoms with Crippen LogP contribution in [-0.4, -0.2) is 17.0 Å². The lowest BCUT2D eigenvalue weighted by Crippen LogP contribution is -2.54. The topological polar surface area (TPSA) is 37.3 Å². The van der Waals surface area contributed by atoms with Crippen molar-refractivity contribution in [1.29, 1.82) is 0 Å². The van der Waals surface area contributed by atoms with Gasteiger partial charge >= 0.3 is 0 Å². The van der Waals surface area contributed by atoms with Crippen LogP contribution in [-0.2, 0) is 4.79 Å². The quantitative estimate of drug-likeness (QED) is 0.529. The highest BCUT2D eigenvalue weighted by molar-refractivity contribution is 5.79. The first kappa shape index (κ1) is 22.8. The second kappa shape index (κ2) is 8.20. The first-order valence-corrected chi connectivity index (χ1v) is 13.3. The predicted octanol–water partition coefficient (Wildman–Crippen LogP) is 6.89. The minimum atomic E-state index is -0.154. The van der Waals surface area contributed by atoms with E-state index < -0.39 is 0 Å². The number of fused-ring (bicyclic) bond motifs is 5. The molecule has 4 rings (SSSR count).